The summed E-state index contributed by atoms with van der Waals surface area (Å²) in [5, 5.41) is 0. The lowest BCUT2D eigenvalue weighted by Crippen LogP contribution is -2.35. The molecule has 0 amide bonds. The summed E-state index contributed by atoms with van der Waals surface area (Å²) in [6, 6.07) is 0. The summed E-state index contributed by atoms with van der Waals surface area (Å²) in [6.07, 6.45) is 4.36. The highest BCUT2D eigenvalue weighted by Crippen LogP contribution is 2.30. The van der Waals surface area contributed by atoms with Crippen molar-refractivity contribution in [3.05, 3.63) is 23.0 Å². The molecule has 1 aromatic heterocycles. The van der Waals surface area contributed by atoms with Gasteiger partial charge in [-0.3, -0.25) is 4.98 Å². The number of aryl methyl sites for hydroxylation is 1. The minimum absolute atomic E-state index is 0.354. The first-order chi connectivity index (χ1) is 8.65. The van der Waals surface area contributed by atoms with Gasteiger partial charge in [0.2, 0.25) is 0 Å². The first-order valence-corrected chi connectivity index (χ1v) is 6.46. The number of hydrogen-bond donors (Lipinski definition) is 1. The molecule has 0 atom stereocenters. The molecule has 1 heterocycles. The van der Waals surface area contributed by atoms with Gasteiger partial charge in [0.05, 0.1) is 25.5 Å². The summed E-state index contributed by atoms with van der Waals surface area (Å²) in [5.74, 6) is 1.56. The van der Waals surface area contributed by atoms with E-state index >= 15 is 0 Å². The fourth-order valence-electron chi connectivity index (χ4n) is 2.42. The molecule has 18 heavy (non-hydrogen) atoms. The van der Waals surface area contributed by atoms with E-state index in [1.165, 1.54) is 0 Å². The van der Waals surface area contributed by atoms with E-state index in [0.29, 0.717) is 18.6 Å². The number of methoxy groups -OCH3 is 1. The number of pyridine rings is 1. The number of nitrogens with zero attached hydrogens (tertiary/aromatic N) is 1. The van der Waals surface area contributed by atoms with E-state index in [0.717, 1.165) is 42.0 Å². The van der Waals surface area contributed by atoms with Gasteiger partial charge in [0.1, 0.15) is 5.75 Å². The maximum atomic E-state index is 5.84. The van der Waals surface area contributed by atoms with Gasteiger partial charge in [0.15, 0.2) is 0 Å². The Morgan fingerprint density at radius 1 is 1.39 bits per heavy atom. The fraction of sp³-hybridized carbons (Fsp3) is 0.643. The third-order valence-corrected chi connectivity index (χ3v) is 3.73. The van der Waals surface area contributed by atoms with Crippen molar-refractivity contribution >= 4 is 0 Å². The molecule has 4 heteroatoms. The molecule has 1 aliphatic rings. The van der Waals surface area contributed by atoms with Crippen LogP contribution in [0.25, 0.3) is 0 Å². The Labute approximate surface area is 108 Å². The van der Waals surface area contributed by atoms with Crippen LogP contribution in [0, 0.1) is 19.8 Å². The quantitative estimate of drug-likeness (QED) is 0.868. The molecule has 0 aliphatic heterocycles. The number of rotatable bonds is 5. The predicted molar refractivity (Wildman–Crippen MR) is 70.6 cm³/mol. The van der Waals surface area contributed by atoms with E-state index in [1.807, 2.05) is 20.0 Å². The molecule has 0 unspecified atom stereocenters. The molecule has 4 nitrogen and oxygen atoms in total. The van der Waals surface area contributed by atoms with Crippen molar-refractivity contribution < 1.29 is 9.47 Å². The highest BCUT2D eigenvalue weighted by molar-refractivity contribution is 5.40. The SMILES string of the molecule is COc1c(C)cnc(COC2CC(CN)C2)c1C. The molecule has 0 bridgehead atoms. The Kier molecular flexibility index (Phi) is 4.19. The minimum atomic E-state index is 0.354. The van der Waals surface area contributed by atoms with Crippen molar-refractivity contribution in [1.82, 2.24) is 4.98 Å². The Bertz CT molecular complexity index is 415. The zero-order valence-corrected chi connectivity index (χ0v) is 11.4. The Morgan fingerprint density at radius 2 is 2.11 bits per heavy atom. The second kappa shape index (κ2) is 5.67. The van der Waals surface area contributed by atoms with Crippen LogP contribution in [-0.4, -0.2) is 24.7 Å². The number of ether oxygens (including phenoxy) is 2. The van der Waals surface area contributed by atoms with E-state index in [2.05, 4.69) is 4.98 Å². The molecule has 2 rings (SSSR count). The monoisotopic (exact) mass is 250 g/mol. The maximum absolute atomic E-state index is 5.84. The summed E-state index contributed by atoms with van der Waals surface area (Å²) < 4.78 is 11.2. The van der Waals surface area contributed by atoms with Crippen LogP contribution >= 0.6 is 0 Å². The summed E-state index contributed by atoms with van der Waals surface area (Å²) in [7, 11) is 1.69. The van der Waals surface area contributed by atoms with Gasteiger partial charge in [-0.15, -0.1) is 0 Å². The molecule has 100 valence electrons. The fourth-order valence-corrected chi connectivity index (χ4v) is 2.42. The second-order valence-electron chi connectivity index (χ2n) is 5.05. The van der Waals surface area contributed by atoms with Crippen molar-refractivity contribution in [3.8, 4) is 5.75 Å². The Hall–Kier alpha value is -1.13. The molecular weight excluding hydrogens is 228 g/mol. The summed E-state index contributed by atoms with van der Waals surface area (Å²) in [5.41, 5.74) is 8.70. The minimum Gasteiger partial charge on any atom is -0.496 e. The van der Waals surface area contributed by atoms with Gasteiger partial charge in [-0.05, 0) is 39.2 Å². The van der Waals surface area contributed by atoms with Crippen LogP contribution in [0.1, 0.15) is 29.7 Å². The van der Waals surface area contributed by atoms with Gasteiger partial charge in [0, 0.05) is 17.3 Å². The summed E-state index contributed by atoms with van der Waals surface area (Å²) in [6.45, 7) is 5.36. The molecule has 0 spiro atoms. The summed E-state index contributed by atoms with van der Waals surface area (Å²) in [4.78, 5) is 4.43. The first-order valence-electron chi connectivity index (χ1n) is 6.46. The highest BCUT2D eigenvalue weighted by Gasteiger charge is 2.28. The van der Waals surface area contributed by atoms with Crippen LogP contribution in [0.2, 0.25) is 0 Å². The number of hydrogen-bond acceptors (Lipinski definition) is 4. The predicted octanol–water partition coefficient (Wildman–Crippen LogP) is 1.96. The van der Waals surface area contributed by atoms with Crippen LogP contribution in [-0.2, 0) is 11.3 Å². The van der Waals surface area contributed by atoms with E-state index in [1.54, 1.807) is 7.11 Å². The van der Waals surface area contributed by atoms with E-state index < -0.39 is 0 Å². The molecule has 0 radical (unpaired) electrons. The van der Waals surface area contributed by atoms with Gasteiger partial charge in [-0.2, -0.15) is 0 Å². The standard InChI is InChI=1S/C14H22N2O2/c1-9-7-16-13(10(2)14(9)17-3)8-18-12-4-11(5-12)6-15/h7,11-12H,4-6,8,15H2,1-3H3. The smallest absolute Gasteiger partial charge is 0.128 e. The van der Waals surface area contributed by atoms with Crippen LogP contribution in [0.5, 0.6) is 5.75 Å². The van der Waals surface area contributed by atoms with Gasteiger partial charge in [0.25, 0.3) is 0 Å². The van der Waals surface area contributed by atoms with Crippen LogP contribution < -0.4 is 10.5 Å². The zero-order chi connectivity index (χ0) is 13.1. The molecular formula is C14H22N2O2. The van der Waals surface area contributed by atoms with Crippen molar-refractivity contribution in [1.29, 1.82) is 0 Å². The topological polar surface area (TPSA) is 57.4 Å². The first kappa shape index (κ1) is 13.3. The lowest BCUT2D eigenvalue weighted by atomic mass is 9.82. The Morgan fingerprint density at radius 3 is 2.72 bits per heavy atom. The van der Waals surface area contributed by atoms with Crippen molar-refractivity contribution in [2.75, 3.05) is 13.7 Å². The van der Waals surface area contributed by atoms with Crippen LogP contribution in [0.15, 0.2) is 6.20 Å². The van der Waals surface area contributed by atoms with E-state index in [4.69, 9.17) is 15.2 Å². The normalized spacial score (nSPS) is 22.7. The van der Waals surface area contributed by atoms with E-state index in [-0.39, 0.29) is 0 Å². The molecule has 0 aromatic carbocycles. The van der Waals surface area contributed by atoms with Gasteiger partial charge < -0.3 is 15.2 Å². The molecule has 0 saturated heterocycles. The second-order valence-corrected chi connectivity index (χ2v) is 5.05. The summed E-state index contributed by atoms with van der Waals surface area (Å²) >= 11 is 0. The highest BCUT2D eigenvalue weighted by atomic mass is 16.5. The third kappa shape index (κ3) is 2.65. The average molecular weight is 250 g/mol. The lowest BCUT2D eigenvalue weighted by Gasteiger charge is -2.34. The van der Waals surface area contributed by atoms with Crippen molar-refractivity contribution in [3.63, 3.8) is 0 Å². The van der Waals surface area contributed by atoms with Crippen molar-refractivity contribution in [2.45, 2.75) is 39.4 Å². The molecule has 1 saturated carbocycles. The maximum Gasteiger partial charge on any atom is 0.128 e. The third-order valence-electron chi connectivity index (χ3n) is 3.73. The van der Waals surface area contributed by atoms with Gasteiger partial charge in [-0.25, -0.2) is 0 Å². The molecule has 1 aliphatic carbocycles. The van der Waals surface area contributed by atoms with Gasteiger partial charge in [-0.1, -0.05) is 0 Å². The largest absolute Gasteiger partial charge is 0.496 e. The number of nitrogens with two attached hydrogens (primary N) is 1. The molecule has 2 N–H and O–H groups in total. The average Bonchev–Trinajstić information content (AvgIpc) is 2.30. The molecule has 1 aromatic rings. The zero-order valence-electron chi connectivity index (χ0n) is 11.4. The van der Waals surface area contributed by atoms with E-state index in [9.17, 15) is 0 Å². The van der Waals surface area contributed by atoms with Gasteiger partial charge >= 0.3 is 0 Å². The lowest BCUT2D eigenvalue weighted by molar-refractivity contribution is -0.0389. The number of aromatic nitrogens is 1. The van der Waals surface area contributed by atoms with Crippen molar-refractivity contribution in [2.24, 2.45) is 11.7 Å². The van der Waals surface area contributed by atoms with Crippen LogP contribution in [0.4, 0.5) is 0 Å². The van der Waals surface area contributed by atoms with Crippen LogP contribution in [0.3, 0.4) is 0 Å². The molecule has 1 fully saturated rings. The Balaban J connectivity index is 1.94.